The first-order chi connectivity index (χ1) is 15.7. The second-order valence-corrected chi connectivity index (χ2v) is 11.0. The number of amides is 1. The monoisotopic (exact) mass is 564 g/mol. The lowest BCUT2D eigenvalue weighted by atomic mass is 9.73. The summed E-state index contributed by atoms with van der Waals surface area (Å²) in [7, 11) is 0. The number of carbonyl (C=O) groups is 1. The molecule has 2 aliphatic rings. The standard InChI is InChI=1S/C23H26FIN6O2/c1-22(2,3)33-21(32)28-18-16-10-15(24)5-4-14(16)11-23(18)6-8-30(9-7-23)20-26-12-17(25)19-29-27-13-31(19)20/h4-5,10,12-13,18H,6-9,11H2,1-3H3,(H,28,32)/t18-/m1/s1. The molecule has 0 unspecified atom stereocenters. The molecule has 10 heteroatoms. The van der Waals surface area contributed by atoms with Crippen LogP contribution in [0.15, 0.2) is 30.7 Å². The van der Waals surface area contributed by atoms with Crippen LogP contribution in [0.5, 0.6) is 0 Å². The summed E-state index contributed by atoms with van der Waals surface area (Å²) < 4.78 is 22.5. The zero-order valence-corrected chi connectivity index (χ0v) is 21.0. The van der Waals surface area contributed by atoms with Crippen molar-refractivity contribution in [1.29, 1.82) is 0 Å². The molecule has 8 nitrogen and oxygen atoms in total. The summed E-state index contributed by atoms with van der Waals surface area (Å²) in [5.41, 5.74) is 1.90. The Hall–Kier alpha value is -2.50. The molecule has 5 rings (SSSR count). The molecule has 3 heterocycles. The van der Waals surface area contributed by atoms with Gasteiger partial charge in [-0.05, 0) is 85.9 Å². The van der Waals surface area contributed by atoms with Crippen LogP contribution in [0.25, 0.3) is 5.65 Å². The number of nitrogens with one attached hydrogen (secondary N) is 1. The highest BCUT2D eigenvalue weighted by atomic mass is 127. The first-order valence-electron chi connectivity index (χ1n) is 11.0. The second kappa shape index (κ2) is 8.07. The second-order valence-electron chi connectivity index (χ2n) is 9.88. The van der Waals surface area contributed by atoms with Crippen LogP contribution in [0.2, 0.25) is 0 Å². The van der Waals surface area contributed by atoms with Gasteiger partial charge in [-0.2, -0.15) is 0 Å². The molecule has 0 saturated carbocycles. The van der Waals surface area contributed by atoms with Crippen LogP contribution < -0.4 is 10.2 Å². The highest BCUT2D eigenvalue weighted by molar-refractivity contribution is 14.1. The minimum Gasteiger partial charge on any atom is -0.444 e. The topological polar surface area (TPSA) is 84.6 Å². The molecule has 3 aromatic rings. The van der Waals surface area contributed by atoms with Gasteiger partial charge < -0.3 is 15.0 Å². The number of anilines is 1. The molecular weight excluding hydrogens is 538 g/mol. The van der Waals surface area contributed by atoms with Crippen molar-refractivity contribution < 1.29 is 13.9 Å². The molecule has 2 aromatic heterocycles. The van der Waals surface area contributed by atoms with E-state index in [1.807, 2.05) is 37.4 Å². The first-order valence-corrected chi connectivity index (χ1v) is 12.1. The summed E-state index contributed by atoms with van der Waals surface area (Å²) >= 11 is 2.21. The van der Waals surface area contributed by atoms with Crippen molar-refractivity contribution in [3.05, 3.63) is 51.2 Å². The molecule has 1 aromatic carbocycles. The third kappa shape index (κ3) is 4.13. The van der Waals surface area contributed by atoms with E-state index in [9.17, 15) is 9.18 Å². The van der Waals surface area contributed by atoms with Crippen molar-refractivity contribution in [3.8, 4) is 0 Å². The summed E-state index contributed by atoms with van der Waals surface area (Å²) in [6.07, 6.45) is 5.45. The Morgan fingerprint density at radius 2 is 2.06 bits per heavy atom. The van der Waals surface area contributed by atoms with E-state index in [4.69, 9.17) is 4.74 Å². The third-order valence-electron chi connectivity index (χ3n) is 6.55. The Balaban J connectivity index is 1.42. The number of hydrogen-bond donors (Lipinski definition) is 1. The summed E-state index contributed by atoms with van der Waals surface area (Å²) in [5.74, 6) is 0.515. The van der Waals surface area contributed by atoms with Gasteiger partial charge in [-0.25, -0.2) is 14.2 Å². The van der Waals surface area contributed by atoms with Gasteiger partial charge in [0.2, 0.25) is 5.95 Å². The van der Waals surface area contributed by atoms with E-state index in [1.54, 1.807) is 12.4 Å². The van der Waals surface area contributed by atoms with Crippen LogP contribution >= 0.6 is 22.6 Å². The molecule has 1 aliphatic carbocycles. The number of nitrogens with zero attached hydrogens (tertiary/aromatic N) is 5. The average molecular weight is 564 g/mol. The molecule has 1 fully saturated rings. The lowest BCUT2D eigenvalue weighted by Crippen LogP contribution is -2.48. The number of halogens is 2. The van der Waals surface area contributed by atoms with Crippen LogP contribution in [-0.2, 0) is 11.2 Å². The highest BCUT2D eigenvalue weighted by Gasteiger charge is 2.49. The summed E-state index contributed by atoms with van der Waals surface area (Å²) in [4.78, 5) is 19.6. The van der Waals surface area contributed by atoms with Gasteiger partial charge >= 0.3 is 6.09 Å². The maximum atomic E-state index is 14.2. The van der Waals surface area contributed by atoms with Gasteiger partial charge in [0, 0.05) is 24.7 Å². The number of fused-ring (bicyclic) bond motifs is 2. The predicted octanol–water partition coefficient (Wildman–Crippen LogP) is 4.28. The van der Waals surface area contributed by atoms with E-state index in [0.717, 1.165) is 58.6 Å². The van der Waals surface area contributed by atoms with Crippen molar-refractivity contribution in [2.75, 3.05) is 18.0 Å². The minimum atomic E-state index is -0.606. The number of piperidine rings is 1. The van der Waals surface area contributed by atoms with E-state index in [0.29, 0.717) is 0 Å². The zero-order valence-electron chi connectivity index (χ0n) is 18.8. The Morgan fingerprint density at radius 1 is 1.30 bits per heavy atom. The number of carbonyl (C=O) groups excluding carboxylic acids is 1. The Labute approximate surface area is 205 Å². The van der Waals surface area contributed by atoms with Gasteiger partial charge in [-0.1, -0.05) is 6.07 Å². The van der Waals surface area contributed by atoms with Gasteiger partial charge in [0.15, 0.2) is 5.65 Å². The van der Waals surface area contributed by atoms with Crippen LogP contribution in [-0.4, -0.2) is 44.4 Å². The summed E-state index contributed by atoms with van der Waals surface area (Å²) in [6, 6.07) is 4.59. The van der Waals surface area contributed by atoms with Crippen LogP contribution in [0.1, 0.15) is 50.8 Å². The molecular formula is C23H26FIN6O2. The fourth-order valence-electron chi connectivity index (χ4n) is 5.09. The molecule has 1 spiro atoms. The van der Waals surface area contributed by atoms with Crippen molar-refractivity contribution in [2.24, 2.45) is 5.41 Å². The Morgan fingerprint density at radius 3 is 2.79 bits per heavy atom. The normalized spacial score (nSPS) is 19.7. The lowest BCUT2D eigenvalue weighted by Gasteiger charge is -2.43. The van der Waals surface area contributed by atoms with Crippen molar-refractivity contribution in [3.63, 3.8) is 0 Å². The quantitative estimate of drug-likeness (QED) is 0.468. The minimum absolute atomic E-state index is 0.209. The lowest BCUT2D eigenvalue weighted by molar-refractivity contribution is 0.0427. The van der Waals surface area contributed by atoms with Crippen LogP contribution in [0.3, 0.4) is 0 Å². The van der Waals surface area contributed by atoms with E-state index in [-0.39, 0.29) is 17.3 Å². The Bertz CT molecular complexity index is 1220. The maximum absolute atomic E-state index is 14.2. The van der Waals surface area contributed by atoms with Gasteiger partial charge in [0.1, 0.15) is 17.7 Å². The molecule has 0 bridgehead atoms. The molecule has 1 amide bonds. The van der Waals surface area contributed by atoms with E-state index in [1.165, 1.54) is 6.07 Å². The first kappa shape index (κ1) is 22.3. The largest absolute Gasteiger partial charge is 0.444 e. The number of rotatable bonds is 2. The number of aromatic nitrogens is 4. The summed E-state index contributed by atoms with van der Waals surface area (Å²) in [5, 5.41) is 11.3. The van der Waals surface area contributed by atoms with Gasteiger partial charge in [0.05, 0.1) is 9.61 Å². The van der Waals surface area contributed by atoms with E-state index >= 15 is 0 Å². The van der Waals surface area contributed by atoms with Gasteiger partial charge in [-0.3, -0.25) is 4.40 Å². The molecule has 1 atom stereocenters. The Kier molecular flexibility index (Phi) is 5.45. The molecule has 1 N–H and O–H groups in total. The highest BCUT2D eigenvalue weighted by Crippen LogP contribution is 2.52. The van der Waals surface area contributed by atoms with Gasteiger partial charge in [0.25, 0.3) is 0 Å². The van der Waals surface area contributed by atoms with Crippen molar-refractivity contribution in [1.82, 2.24) is 24.9 Å². The molecule has 0 radical (unpaired) electrons. The molecule has 33 heavy (non-hydrogen) atoms. The van der Waals surface area contributed by atoms with Crippen molar-refractivity contribution >= 4 is 40.3 Å². The molecule has 174 valence electrons. The fourth-order valence-corrected chi connectivity index (χ4v) is 5.60. The van der Waals surface area contributed by atoms with E-state index < -0.39 is 11.7 Å². The summed E-state index contributed by atoms with van der Waals surface area (Å²) in [6.45, 7) is 7.02. The molecule has 1 saturated heterocycles. The number of ether oxygens (including phenoxy) is 1. The number of alkyl carbamates (subject to hydrolysis) is 1. The van der Waals surface area contributed by atoms with E-state index in [2.05, 4.69) is 48.0 Å². The van der Waals surface area contributed by atoms with Gasteiger partial charge in [-0.15, -0.1) is 10.2 Å². The van der Waals surface area contributed by atoms with Crippen LogP contribution in [0, 0.1) is 14.8 Å². The zero-order chi connectivity index (χ0) is 23.4. The van der Waals surface area contributed by atoms with Crippen LogP contribution in [0.4, 0.5) is 15.1 Å². The smallest absolute Gasteiger partial charge is 0.408 e. The predicted molar refractivity (Wildman–Crippen MR) is 130 cm³/mol. The SMILES string of the molecule is CC(C)(C)OC(=O)N[C@@H]1c2cc(F)ccc2CC12CCN(c1ncc(I)c3nncn13)CC2. The molecule has 1 aliphatic heterocycles. The number of benzene rings is 1. The fraction of sp³-hybridized carbons (Fsp3) is 0.478. The maximum Gasteiger partial charge on any atom is 0.408 e. The van der Waals surface area contributed by atoms with Crippen molar-refractivity contribution in [2.45, 2.75) is 51.7 Å². The average Bonchev–Trinajstić information content (AvgIpc) is 3.33. The third-order valence-corrected chi connectivity index (χ3v) is 7.31. The number of hydrogen-bond acceptors (Lipinski definition) is 6.